The summed E-state index contributed by atoms with van der Waals surface area (Å²) in [4.78, 5) is 21.5. The summed E-state index contributed by atoms with van der Waals surface area (Å²) in [6, 6.07) is 7.63. The lowest BCUT2D eigenvalue weighted by Gasteiger charge is -2.33. The normalized spacial score (nSPS) is 15.2. The number of hydrogen-bond donors (Lipinski definition) is 1. The zero-order valence-electron chi connectivity index (χ0n) is 14.6. The number of aromatic nitrogens is 2. The van der Waals surface area contributed by atoms with Gasteiger partial charge in [-0.05, 0) is 38.3 Å². The minimum absolute atomic E-state index is 0.163. The summed E-state index contributed by atoms with van der Waals surface area (Å²) in [5, 5.41) is 14.4. The molecular formula is C18H23N5O2. The molecule has 1 aliphatic heterocycles. The molecule has 0 bridgehead atoms. The van der Waals surface area contributed by atoms with Gasteiger partial charge in [0.15, 0.2) is 0 Å². The van der Waals surface area contributed by atoms with Crippen molar-refractivity contribution in [1.29, 1.82) is 0 Å². The van der Waals surface area contributed by atoms with Crippen LogP contribution in [0.4, 0.5) is 17.2 Å². The maximum Gasteiger partial charge on any atom is 0.272 e. The molecule has 7 nitrogen and oxygen atoms in total. The van der Waals surface area contributed by atoms with Gasteiger partial charge in [0.2, 0.25) is 0 Å². The van der Waals surface area contributed by atoms with E-state index in [9.17, 15) is 10.1 Å². The molecule has 132 valence electrons. The molecule has 0 aliphatic carbocycles. The Morgan fingerprint density at radius 3 is 2.68 bits per heavy atom. The minimum Gasteiger partial charge on any atom is -0.382 e. The maximum atomic E-state index is 10.9. The van der Waals surface area contributed by atoms with Gasteiger partial charge in [-0.2, -0.15) is 0 Å². The fourth-order valence-corrected chi connectivity index (χ4v) is 3.19. The van der Waals surface area contributed by atoms with Crippen molar-refractivity contribution in [2.45, 2.75) is 39.2 Å². The van der Waals surface area contributed by atoms with Crippen molar-refractivity contribution in [3.63, 3.8) is 0 Å². The highest BCUT2D eigenvalue weighted by Gasteiger charge is 2.21. The van der Waals surface area contributed by atoms with Crippen LogP contribution in [0, 0.1) is 17.0 Å². The topological polar surface area (TPSA) is 84.2 Å². The van der Waals surface area contributed by atoms with Crippen molar-refractivity contribution >= 4 is 17.2 Å². The van der Waals surface area contributed by atoms with Crippen molar-refractivity contribution in [2.24, 2.45) is 0 Å². The van der Waals surface area contributed by atoms with Crippen LogP contribution in [0.15, 0.2) is 30.6 Å². The smallest absolute Gasteiger partial charge is 0.272 e. The van der Waals surface area contributed by atoms with Gasteiger partial charge in [-0.25, -0.2) is 9.97 Å². The Bertz CT molecular complexity index is 757. The van der Waals surface area contributed by atoms with Gasteiger partial charge in [0.25, 0.3) is 5.69 Å². The molecule has 3 rings (SSSR count). The van der Waals surface area contributed by atoms with E-state index in [4.69, 9.17) is 0 Å². The number of nitrogens with zero attached hydrogens (tertiary/aromatic N) is 4. The first-order valence-electron chi connectivity index (χ1n) is 8.64. The van der Waals surface area contributed by atoms with E-state index < -0.39 is 0 Å². The van der Waals surface area contributed by atoms with Gasteiger partial charge in [0.1, 0.15) is 12.1 Å². The number of nitro groups is 1. The summed E-state index contributed by atoms with van der Waals surface area (Å²) >= 11 is 0. The quantitative estimate of drug-likeness (QED) is 0.663. The van der Waals surface area contributed by atoms with Crippen molar-refractivity contribution in [3.8, 4) is 0 Å². The Morgan fingerprint density at radius 2 is 2.04 bits per heavy atom. The Labute approximate surface area is 147 Å². The monoisotopic (exact) mass is 341 g/mol. The molecule has 1 aromatic heterocycles. The Balaban J connectivity index is 1.59. The van der Waals surface area contributed by atoms with Crippen LogP contribution >= 0.6 is 0 Å². The number of nitrogens with one attached hydrogen (secondary N) is 1. The Morgan fingerprint density at radius 1 is 1.28 bits per heavy atom. The fraction of sp³-hybridized carbons (Fsp3) is 0.444. The highest BCUT2D eigenvalue weighted by atomic mass is 16.6. The second kappa shape index (κ2) is 7.46. The van der Waals surface area contributed by atoms with E-state index in [1.54, 1.807) is 25.4 Å². The second-order valence-corrected chi connectivity index (χ2v) is 6.39. The van der Waals surface area contributed by atoms with Crippen LogP contribution < -0.4 is 10.2 Å². The first kappa shape index (κ1) is 17.1. The van der Waals surface area contributed by atoms with E-state index in [0.717, 1.165) is 49.6 Å². The minimum atomic E-state index is -0.343. The van der Waals surface area contributed by atoms with Crippen LogP contribution in [0.25, 0.3) is 0 Å². The molecule has 2 heterocycles. The van der Waals surface area contributed by atoms with Crippen LogP contribution in [0.3, 0.4) is 0 Å². The van der Waals surface area contributed by atoms with E-state index in [2.05, 4.69) is 33.2 Å². The zero-order valence-corrected chi connectivity index (χ0v) is 14.6. The second-order valence-electron chi connectivity index (χ2n) is 6.39. The van der Waals surface area contributed by atoms with E-state index >= 15 is 0 Å². The van der Waals surface area contributed by atoms with Gasteiger partial charge in [0.05, 0.1) is 4.92 Å². The average molecular weight is 341 g/mol. The van der Waals surface area contributed by atoms with Crippen LogP contribution in [-0.2, 0) is 6.42 Å². The zero-order chi connectivity index (χ0) is 17.8. The third-order valence-electron chi connectivity index (χ3n) is 4.65. The van der Waals surface area contributed by atoms with Gasteiger partial charge < -0.3 is 10.2 Å². The highest BCUT2D eigenvalue weighted by Crippen LogP contribution is 2.25. The number of rotatable bonds is 5. The summed E-state index contributed by atoms with van der Waals surface area (Å²) < 4.78 is 0. The van der Waals surface area contributed by atoms with E-state index in [0.29, 0.717) is 11.6 Å². The van der Waals surface area contributed by atoms with Gasteiger partial charge in [-0.3, -0.25) is 10.1 Å². The summed E-state index contributed by atoms with van der Waals surface area (Å²) in [5.74, 6) is 0.997. The molecule has 0 spiro atoms. The van der Waals surface area contributed by atoms with Gasteiger partial charge in [0, 0.05) is 48.2 Å². The molecule has 1 aliphatic rings. The molecule has 0 unspecified atom stereocenters. The van der Waals surface area contributed by atoms with Crippen LogP contribution in [0.2, 0.25) is 0 Å². The Hall–Kier alpha value is -2.70. The predicted octanol–water partition coefficient (Wildman–Crippen LogP) is 3.34. The molecule has 0 atom stereocenters. The summed E-state index contributed by atoms with van der Waals surface area (Å²) in [7, 11) is 0. The first-order valence-corrected chi connectivity index (χ1v) is 8.64. The molecule has 7 heteroatoms. The van der Waals surface area contributed by atoms with Crippen molar-refractivity contribution in [3.05, 3.63) is 52.0 Å². The molecule has 0 amide bonds. The molecular weight excluding hydrogens is 318 g/mol. The number of anilines is 2. The fourth-order valence-electron chi connectivity index (χ4n) is 3.19. The molecule has 1 aromatic carbocycles. The maximum absolute atomic E-state index is 10.9. The summed E-state index contributed by atoms with van der Waals surface area (Å²) in [6.45, 7) is 5.73. The van der Waals surface area contributed by atoms with Crippen molar-refractivity contribution in [2.75, 3.05) is 23.3 Å². The lowest BCUT2D eigenvalue weighted by Crippen LogP contribution is -2.39. The lowest BCUT2D eigenvalue weighted by atomic mass is 10.0. The summed E-state index contributed by atoms with van der Waals surface area (Å²) in [6.07, 6.45) is 4.55. The first-order chi connectivity index (χ1) is 12.1. The van der Waals surface area contributed by atoms with E-state index in [1.165, 1.54) is 0 Å². The number of nitro benzene ring substituents is 1. The highest BCUT2D eigenvalue weighted by molar-refractivity contribution is 5.54. The molecule has 1 N–H and O–H groups in total. The Kier molecular flexibility index (Phi) is 5.11. The van der Waals surface area contributed by atoms with Crippen molar-refractivity contribution < 1.29 is 4.92 Å². The van der Waals surface area contributed by atoms with E-state index in [-0.39, 0.29) is 10.6 Å². The number of piperidine rings is 1. The molecule has 0 radical (unpaired) electrons. The van der Waals surface area contributed by atoms with E-state index in [1.807, 2.05) is 6.07 Å². The SMILES string of the molecule is CCc1cc(N2CCC(Nc3ccc([N+](=O)[O-])c(C)c3)CC2)ncn1. The van der Waals surface area contributed by atoms with Gasteiger partial charge in [-0.1, -0.05) is 6.92 Å². The third kappa shape index (κ3) is 4.04. The van der Waals surface area contributed by atoms with Gasteiger partial charge in [-0.15, -0.1) is 0 Å². The standard InChI is InChI=1S/C18H23N5O2/c1-3-14-11-18(20-12-19-14)22-8-6-15(7-9-22)21-16-4-5-17(23(24)25)13(2)10-16/h4-5,10-12,15,21H,3,6-9H2,1-2H3. The van der Waals surface area contributed by atoms with Crippen LogP contribution in [-0.4, -0.2) is 34.0 Å². The number of aryl methyl sites for hydroxylation is 2. The molecule has 0 saturated carbocycles. The van der Waals surface area contributed by atoms with Crippen molar-refractivity contribution in [1.82, 2.24) is 9.97 Å². The predicted molar refractivity (Wildman–Crippen MR) is 98.1 cm³/mol. The number of hydrogen-bond acceptors (Lipinski definition) is 6. The van der Waals surface area contributed by atoms with Crippen LogP contribution in [0.5, 0.6) is 0 Å². The number of benzene rings is 1. The molecule has 25 heavy (non-hydrogen) atoms. The van der Waals surface area contributed by atoms with Gasteiger partial charge >= 0.3 is 0 Å². The lowest BCUT2D eigenvalue weighted by molar-refractivity contribution is -0.385. The van der Waals surface area contributed by atoms with Crippen LogP contribution in [0.1, 0.15) is 31.0 Å². The molecule has 2 aromatic rings. The molecule has 1 fully saturated rings. The molecule has 1 saturated heterocycles. The third-order valence-corrected chi connectivity index (χ3v) is 4.65. The largest absolute Gasteiger partial charge is 0.382 e. The summed E-state index contributed by atoms with van der Waals surface area (Å²) in [5.41, 5.74) is 2.85. The average Bonchev–Trinajstić information content (AvgIpc) is 2.62.